The molecule has 1 N–H and O–H groups in total. The van der Waals surface area contributed by atoms with Crippen LogP contribution in [0, 0.1) is 0 Å². The summed E-state index contributed by atoms with van der Waals surface area (Å²) in [5.41, 5.74) is 4.40. The first-order valence-electron chi connectivity index (χ1n) is 7.31. The third kappa shape index (κ3) is 3.08. The number of hydrogen-bond acceptors (Lipinski definition) is 2. The van der Waals surface area contributed by atoms with E-state index in [9.17, 15) is 0 Å². The number of benzene rings is 2. The zero-order valence-electron chi connectivity index (χ0n) is 11.9. The normalized spacial score (nSPS) is 17.8. The lowest BCUT2D eigenvalue weighted by atomic mass is 9.87. The molecule has 1 atom stereocenters. The number of fused-ring (bicyclic) bond motifs is 1. The van der Waals surface area contributed by atoms with Gasteiger partial charge in [0.25, 0.3) is 0 Å². The van der Waals surface area contributed by atoms with E-state index >= 15 is 0 Å². The number of thioether (sulfide) groups is 1. The zero-order valence-corrected chi connectivity index (χ0v) is 12.7. The largest absolute Gasteiger partial charge is 0.306 e. The second kappa shape index (κ2) is 6.47. The van der Waals surface area contributed by atoms with Gasteiger partial charge >= 0.3 is 0 Å². The molecule has 3 rings (SSSR count). The Bertz CT molecular complexity index is 579. The topological polar surface area (TPSA) is 12.0 Å². The van der Waals surface area contributed by atoms with Crippen molar-refractivity contribution < 1.29 is 0 Å². The van der Waals surface area contributed by atoms with Gasteiger partial charge in [-0.3, -0.25) is 0 Å². The molecule has 0 fully saturated rings. The monoisotopic (exact) mass is 283 g/mol. The number of nitrogens with one attached hydrogen (secondary N) is 1. The second-order valence-electron chi connectivity index (χ2n) is 5.38. The molecule has 1 aliphatic rings. The Morgan fingerprint density at radius 2 is 2.05 bits per heavy atom. The molecule has 0 unspecified atom stereocenters. The molecule has 0 aromatic heterocycles. The molecule has 0 heterocycles. The van der Waals surface area contributed by atoms with Crippen molar-refractivity contribution >= 4 is 11.8 Å². The van der Waals surface area contributed by atoms with E-state index in [1.807, 2.05) is 0 Å². The highest BCUT2D eigenvalue weighted by Gasteiger charge is 2.18. The lowest BCUT2D eigenvalue weighted by Crippen LogP contribution is -2.24. The average molecular weight is 283 g/mol. The first-order chi connectivity index (χ1) is 9.86. The summed E-state index contributed by atoms with van der Waals surface area (Å²) in [7, 11) is 0. The molecule has 0 saturated carbocycles. The van der Waals surface area contributed by atoms with Gasteiger partial charge in [-0.15, -0.1) is 11.8 Å². The van der Waals surface area contributed by atoms with Gasteiger partial charge in [-0.2, -0.15) is 0 Å². The smallest absolute Gasteiger partial charge is 0.0326 e. The molecular formula is C18H21NS. The van der Waals surface area contributed by atoms with Crippen molar-refractivity contribution in [2.45, 2.75) is 36.7 Å². The second-order valence-corrected chi connectivity index (χ2v) is 6.26. The van der Waals surface area contributed by atoms with E-state index < -0.39 is 0 Å². The molecule has 0 spiro atoms. The molecule has 20 heavy (non-hydrogen) atoms. The first-order valence-corrected chi connectivity index (χ1v) is 8.53. The van der Waals surface area contributed by atoms with Gasteiger partial charge in [-0.25, -0.2) is 0 Å². The molecule has 2 aromatic rings. The highest BCUT2D eigenvalue weighted by atomic mass is 32.2. The molecule has 104 valence electrons. The third-order valence-electron chi connectivity index (χ3n) is 4.06. The molecule has 2 aromatic carbocycles. The van der Waals surface area contributed by atoms with Crippen LogP contribution in [0.3, 0.4) is 0 Å². The third-order valence-corrected chi connectivity index (χ3v) is 4.78. The number of hydrogen-bond donors (Lipinski definition) is 1. The molecule has 0 aliphatic heterocycles. The van der Waals surface area contributed by atoms with Crippen LogP contribution in [0.15, 0.2) is 53.4 Å². The summed E-state index contributed by atoms with van der Waals surface area (Å²) in [5.74, 6) is 0. The fourth-order valence-corrected chi connectivity index (χ4v) is 3.47. The van der Waals surface area contributed by atoms with Crippen molar-refractivity contribution in [1.29, 1.82) is 0 Å². The van der Waals surface area contributed by atoms with Crippen LogP contribution in [-0.2, 0) is 13.0 Å². The lowest BCUT2D eigenvalue weighted by Gasteiger charge is -2.26. The Balaban J connectivity index is 1.70. The van der Waals surface area contributed by atoms with E-state index in [-0.39, 0.29) is 0 Å². The molecule has 0 amide bonds. The van der Waals surface area contributed by atoms with Crippen molar-refractivity contribution in [1.82, 2.24) is 5.32 Å². The molecule has 1 aliphatic carbocycles. The average Bonchev–Trinajstić information content (AvgIpc) is 2.53. The lowest BCUT2D eigenvalue weighted by molar-refractivity contribution is 0.459. The quantitative estimate of drug-likeness (QED) is 0.825. The maximum atomic E-state index is 3.74. The van der Waals surface area contributed by atoms with Gasteiger partial charge < -0.3 is 5.32 Å². The number of rotatable bonds is 4. The minimum Gasteiger partial charge on any atom is -0.306 e. The Morgan fingerprint density at radius 1 is 1.15 bits per heavy atom. The summed E-state index contributed by atoms with van der Waals surface area (Å²) in [5, 5.41) is 3.74. The van der Waals surface area contributed by atoms with E-state index in [4.69, 9.17) is 0 Å². The highest BCUT2D eigenvalue weighted by molar-refractivity contribution is 7.98. The van der Waals surface area contributed by atoms with Gasteiger partial charge in [0, 0.05) is 17.5 Å². The van der Waals surface area contributed by atoms with Crippen LogP contribution in [0.25, 0.3) is 0 Å². The summed E-state index contributed by atoms with van der Waals surface area (Å²) < 4.78 is 0. The van der Waals surface area contributed by atoms with Crippen molar-refractivity contribution in [2.24, 2.45) is 0 Å². The Hall–Kier alpha value is -1.25. The summed E-state index contributed by atoms with van der Waals surface area (Å²) in [4.78, 5) is 1.34. The Kier molecular flexibility index (Phi) is 4.44. The van der Waals surface area contributed by atoms with Crippen LogP contribution in [0.2, 0.25) is 0 Å². The summed E-state index contributed by atoms with van der Waals surface area (Å²) in [6.07, 6.45) is 5.90. The van der Waals surface area contributed by atoms with Gasteiger partial charge in [0.15, 0.2) is 0 Å². The van der Waals surface area contributed by atoms with Crippen molar-refractivity contribution in [2.75, 3.05) is 6.26 Å². The van der Waals surface area contributed by atoms with Crippen LogP contribution >= 0.6 is 11.8 Å². The van der Waals surface area contributed by atoms with Gasteiger partial charge in [0.05, 0.1) is 0 Å². The van der Waals surface area contributed by atoms with Gasteiger partial charge in [-0.1, -0.05) is 36.4 Å². The SMILES string of the molecule is CSc1cccc(CN[C@H]2CCCc3ccccc32)c1. The van der Waals surface area contributed by atoms with Crippen molar-refractivity contribution in [3.05, 3.63) is 65.2 Å². The minimum atomic E-state index is 0.512. The first kappa shape index (κ1) is 13.7. The van der Waals surface area contributed by atoms with E-state index in [1.165, 1.54) is 40.8 Å². The Labute approximate surface area is 125 Å². The fraction of sp³-hybridized carbons (Fsp3) is 0.333. The van der Waals surface area contributed by atoms with E-state index in [1.54, 1.807) is 11.8 Å². The fourth-order valence-electron chi connectivity index (χ4n) is 2.99. The van der Waals surface area contributed by atoms with E-state index in [2.05, 4.69) is 60.1 Å². The summed E-state index contributed by atoms with van der Waals surface area (Å²) in [6, 6.07) is 18.2. The van der Waals surface area contributed by atoms with E-state index in [0.29, 0.717) is 6.04 Å². The van der Waals surface area contributed by atoms with Crippen LogP contribution in [-0.4, -0.2) is 6.26 Å². The molecule has 0 radical (unpaired) electrons. The highest BCUT2D eigenvalue weighted by Crippen LogP contribution is 2.29. The molecule has 2 heteroatoms. The maximum Gasteiger partial charge on any atom is 0.0326 e. The Morgan fingerprint density at radius 3 is 2.95 bits per heavy atom. The van der Waals surface area contributed by atoms with Crippen LogP contribution in [0.1, 0.15) is 35.6 Å². The summed E-state index contributed by atoms with van der Waals surface area (Å²) >= 11 is 1.81. The molecule has 1 nitrogen and oxygen atoms in total. The zero-order chi connectivity index (χ0) is 13.8. The minimum absolute atomic E-state index is 0.512. The van der Waals surface area contributed by atoms with Gasteiger partial charge in [0.2, 0.25) is 0 Å². The van der Waals surface area contributed by atoms with Gasteiger partial charge in [0.1, 0.15) is 0 Å². The van der Waals surface area contributed by atoms with Crippen LogP contribution in [0.5, 0.6) is 0 Å². The van der Waals surface area contributed by atoms with Crippen molar-refractivity contribution in [3.63, 3.8) is 0 Å². The predicted octanol–water partition coefficient (Wildman–Crippen LogP) is 4.58. The van der Waals surface area contributed by atoms with E-state index in [0.717, 1.165) is 6.54 Å². The molecule has 0 bridgehead atoms. The van der Waals surface area contributed by atoms with Crippen LogP contribution < -0.4 is 5.32 Å². The standard InChI is InChI=1S/C18H21NS/c1-20-16-9-4-6-14(12-16)13-19-18-11-5-8-15-7-2-3-10-17(15)18/h2-4,6-7,9-10,12,18-19H,5,8,11,13H2,1H3/t18-/m0/s1. The molecule has 0 saturated heterocycles. The van der Waals surface area contributed by atoms with Gasteiger partial charge in [-0.05, 0) is 54.3 Å². The molecular weight excluding hydrogens is 262 g/mol. The van der Waals surface area contributed by atoms with Crippen LogP contribution in [0.4, 0.5) is 0 Å². The summed E-state index contributed by atoms with van der Waals surface area (Å²) in [6.45, 7) is 0.952. The van der Waals surface area contributed by atoms with Crippen molar-refractivity contribution in [3.8, 4) is 0 Å². The predicted molar refractivity (Wildman–Crippen MR) is 87.2 cm³/mol. The maximum absolute atomic E-state index is 3.74. The number of aryl methyl sites for hydroxylation is 1.